The minimum Gasteiger partial charge on any atom is -0.494 e. The Morgan fingerprint density at radius 1 is 1.08 bits per heavy atom. The zero-order chi connectivity index (χ0) is 37.6. The summed E-state index contributed by atoms with van der Waals surface area (Å²) in [5, 5.41) is 11.7. The van der Waals surface area contributed by atoms with Gasteiger partial charge in [0.25, 0.3) is 5.88 Å². The third-order valence-electron chi connectivity index (χ3n) is 9.74. The van der Waals surface area contributed by atoms with Gasteiger partial charge in [0.2, 0.25) is 5.95 Å². The Balaban J connectivity index is 1.37. The normalized spacial score (nSPS) is 14.7. The van der Waals surface area contributed by atoms with Crippen LogP contribution in [0.5, 0.6) is 11.6 Å². The molecule has 1 aliphatic rings. The SMILES string of the molecule is CCOc1noc(C)c1-c1ccc(Nc2nc(Nc3cc(CC)c(N(C)CCC(CC)N4CCN(C)CC4)cc3OC)ncc2Cl)c(P(C)(C)=O)c1. The van der Waals surface area contributed by atoms with E-state index in [1.165, 1.54) is 5.56 Å². The van der Waals surface area contributed by atoms with E-state index in [4.69, 9.17) is 30.6 Å². The van der Waals surface area contributed by atoms with Crippen LogP contribution in [-0.2, 0) is 11.0 Å². The average Bonchev–Trinajstić information content (AvgIpc) is 3.49. The molecule has 14 heteroatoms. The van der Waals surface area contributed by atoms with Crippen molar-refractivity contribution >= 4 is 52.9 Å². The molecule has 1 fully saturated rings. The summed E-state index contributed by atoms with van der Waals surface area (Å²) in [5.74, 6) is 2.40. The first-order chi connectivity index (χ1) is 24.9. The van der Waals surface area contributed by atoms with Gasteiger partial charge in [-0.2, -0.15) is 4.98 Å². The van der Waals surface area contributed by atoms with Crippen molar-refractivity contribution in [1.29, 1.82) is 0 Å². The number of halogens is 1. The standard InChI is InChI=1S/C38H54ClN8O4P/c1-10-26-21-31(33(49-7)23-32(26)46(6)16-15-28(11-2)47-19-17-45(5)18-20-47)42-38-40-24-29(39)36(43-38)41-30-14-13-27(22-34(30)52(8,9)48)35-25(4)51-44-37(35)50-12-3/h13-14,21-24,28H,10-12,15-20H2,1-9H3,(H2,40,41,42,43). The minimum absolute atomic E-state index is 0.316. The highest BCUT2D eigenvalue weighted by Gasteiger charge is 2.24. The highest BCUT2D eigenvalue weighted by Crippen LogP contribution is 2.42. The van der Waals surface area contributed by atoms with Crippen LogP contribution in [0, 0.1) is 6.92 Å². The molecular formula is C38H54ClN8O4P. The van der Waals surface area contributed by atoms with Gasteiger partial charge in [-0.1, -0.05) is 31.5 Å². The molecule has 0 aliphatic carbocycles. The van der Waals surface area contributed by atoms with Crippen molar-refractivity contribution in [2.75, 3.05) is 89.4 Å². The number of aryl methyl sites for hydroxylation is 2. The molecule has 2 N–H and O–H groups in total. The lowest BCUT2D eigenvalue weighted by molar-refractivity contribution is 0.105. The van der Waals surface area contributed by atoms with E-state index in [-0.39, 0.29) is 0 Å². The predicted molar refractivity (Wildman–Crippen MR) is 214 cm³/mol. The Bertz CT molecular complexity index is 1870. The van der Waals surface area contributed by atoms with Gasteiger partial charge in [0, 0.05) is 62.9 Å². The average molecular weight is 753 g/mol. The van der Waals surface area contributed by atoms with Crippen LogP contribution < -0.4 is 30.3 Å². The number of benzene rings is 2. The smallest absolute Gasteiger partial charge is 0.262 e. The molecule has 282 valence electrons. The first kappa shape index (κ1) is 39.4. The summed E-state index contributed by atoms with van der Waals surface area (Å²) in [6, 6.07) is 10.4. The molecule has 2 aromatic heterocycles. The molecule has 0 spiro atoms. The summed E-state index contributed by atoms with van der Waals surface area (Å²) in [5.41, 5.74) is 5.21. The number of nitrogens with zero attached hydrogens (tertiary/aromatic N) is 6. The van der Waals surface area contributed by atoms with Crippen molar-refractivity contribution in [3.05, 3.63) is 52.9 Å². The van der Waals surface area contributed by atoms with Gasteiger partial charge in [0.05, 0.1) is 36.9 Å². The van der Waals surface area contributed by atoms with E-state index < -0.39 is 7.14 Å². The number of nitrogens with one attached hydrogen (secondary N) is 2. The molecule has 1 unspecified atom stereocenters. The fraction of sp³-hybridized carbons (Fsp3) is 0.500. The fourth-order valence-electron chi connectivity index (χ4n) is 6.73. The second-order valence-corrected chi connectivity index (χ2v) is 17.3. The monoisotopic (exact) mass is 752 g/mol. The third-order valence-corrected chi connectivity index (χ3v) is 11.5. The zero-order valence-corrected chi connectivity index (χ0v) is 33.7. The van der Waals surface area contributed by atoms with Crippen LogP contribution in [0.15, 0.2) is 41.1 Å². The summed E-state index contributed by atoms with van der Waals surface area (Å²) in [6.45, 7) is 17.5. The lowest BCUT2D eigenvalue weighted by atomic mass is 10.0. The number of hydrogen-bond donors (Lipinski definition) is 2. The summed E-state index contributed by atoms with van der Waals surface area (Å²) in [7, 11) is 3.25. The quantitative estimate of drug-likeness (QED) is 0.109. The minimum atomic E-state index is -2.79. The largest absolute Gasteiger partial charge is 0.494 e. The number of piperazine rings is 1. The van der Waals surface area contributed by atoms with Gasteiger partial charge in [-0.3, -0.25) is 4.90 Å². The van der Waals surface area contributed by atoms with Gasteiger partial charge in [-0.05, 0) is 88.0 Å². The van der Waals surface area contributed by atoms with Crippen LogP contribution in [0.4, 0.5) is 28.8 Å². The topological polar surface area (TPSA) is 121 Å². The molecule has 52 heavy (non-hydrogen) atoms. The number of rotatable bonds is 16. The van der Waals surface area contributed by atoms with Gasteiger partial charge < -0.3 is 39.0 Å². The number of hydrogen-bond acceptors (Lipinski definition) is 12. The molecule has 0 amide bonds. The summed E-state index contributed by atoms with van der Waals surface area (Å²) >= 11 is 6.63. The van der Waals surface area contributed by atoms with E-state index >= 15 is 0 Å². The number of likely N-dealkylation sites (N-methyl/N-ethyl adjacent to an activating group) is 1. The molecule has 1 atom stereocenters. The van der Waals surface area contributed by atoms with E-state index in [1.54, 1.807) is 26.6 Å². The number of aromatic nitrogens is 3. The first-order valence-electron chi connectivity index (χ1n) is 18.1. The van der Waals surface area contributed by atoms with Crippen molar-refractivity contribution in [2.24, 2.45) is 0 Å². The van der Waals surface area contributed by atoms with Crippen LogP contribution in [0.2, 0.25) is 5.02 Å². The Morgan fingerprint density at radius 3 is 2.48 bits per heavy atom. The summed E-state index contributed by atoms with van der Waals surface area (Å²) < 4.78 is 30.6. The molecule has 1 aliphatic heterocycles. The zero-order valence-electron chi connectivity index (χ0n) is 32.0. The maximum Gasteiger partial charge on any atom is 0.262 e. The van der Waals surface area contributed by atoms with Gasteiger partial charge in [0.1, 0.15) is 23.7 Å². The Morgan fingerprint density at radius 2 is 1.83 bits per heavy atom. The highest BCUT2D eigenvalue weighted by molar-refractivity contribution is 7.70. The highest BCUT2D eigenvalue weighted by atomic mass is 35.5. The van der Waals surface area contributed by atoms with Crippen LogP contribution in [0.1, 0.15) is 44.9 Å². The lowest BCUT2D eigenvalue weighted by Gasteiger charge is -2.38. The summed E-state index contributed by atoms with van der Waals surface area (Å²) in [6.07, 6.45) is 4.62. The fourth-order valence-corrected chi connectivity index (χ4v) is 8.03. The molecule has 0 saturated carbocycles. The maximum atomic E-state index is 13.6. The van der Waals surface area contributed by atoms with Crippen LogP contribution in [0.3, 0.4) is 0 Å². The van der Waals surface area contributed by atoms with Crippen molar-refractivity contribution < 1.29 is 18.6 Å². The molecule has 0 bridgehead atoms. The number of methoxy groups -OCH3 is 1. The van der Waals surface area contributed by atoms with E-state index in [0.29, 0.717) is 57.8 Å². The molecular weight excluding hydrogens is 699 g/mol. The van der Waals surface area contributed by atoms with Gasteiger partial charge >= 0.3 is 0 Å². The lowest BCUT2D eigenvalue weighted by Crippen LogP contribution is -2.49. The molecule has 0 radical (unpaired) electrons. The van der Waals surface area contributed by atoms with E-state index in [0.717, 1.165) is 74.5 Å². The predicted octanol–water partition coefficient (Wildman–Crippen LogP) is 7.65. The van der Waals surface area contributed by atoms with Crippen LogP contribution in [-0.4, -0.2) is 105 Å². The second-order valence-electron chi connectivity index (χ2n) is 13.7. The molecule has 12 nitrogen and oxygen atoms in total. The Labute approximate surface area is 313 Å². The third kappa shape index (κ3) is 9.20. The van der Waals surface area contributed by atoms with Crippen molar-refractivity contribution in [3.63, 3.8) is 0 Å². The van der Waals surface area contributed by atoms with Crippen LogP contribution in [0.25, 0.3) is 11.1 Å². The number of ether oxygens (including phenoxy) is 2. The van der Waals surface area contributed by atoms with E-state index in [2.05, 4.69) is 75.5 Å². The van der Waals surface area contributed by atoms with E-state index in [9.17, 15) is 4.57 Å². The van der Waals surface area contributed by atoms with Gasteiger partial charge in [-0.25, -0.2) is 4.98 Å². The molecule has 5 rings (SSSR count). The maximum absolute atomic E-state index is 13.6. The number of anilines is 5. The molecule has 3 heterocycles. The Hall–Kier alpha value is -3.83. The van der Waals surface area contributed by atoms with Gasteiger partial charge in [-0.15, -0.1) is 0 Å². The molecule has 2 aromatic carbocycles. The van der Waals surface area contributed by atoms with E-state index in [1.807, 2.05) is 32.0 Å². The summed E-state index contributed by atoms with van der Waals surface area (Å²) in [4.78, 5) is 16.6. The molecule has 4 aromatic rings. The van der Waals surface area contributed by atoms with Crippen molar-refractivity contribution in [3.8, 4) is 22.8 Å². The molecule has 1 saturated heterocycles. The van der Waals surface area contributed by atoms with Crippen molar-refractivity contribution in [2.45, 2.75) is 53.0 Å². The Kier molecular flexibility index (Phi) is 13.1. The van der Waals surface area contributed by atoms with Gasteiger partial charge in [0.15, 0.2) is 5.82 Å². The second kappa shape index (κ2) is 17.3. The van der Waals surface area contributed by atoms with Crippen molar-refractivity contribution in [1.82, 2.24) is 24.9 Å². The van der Waals surface area contributed by atoms with Crippen LogP contribution >= 0.6 is 18.7 Å². The first-order valence-corrected chi connectivity index (χ1v) is 21.0.